The van der Waals surface area contributed by atoms with E-state index in [-0.39, 0.29) is 0 Å². The summed E-state index contributed by atoms with van der Waals surface area (Å²) in [4.78, 5) is 4.53. The summed E-state index contributed by atoms with van der Waals surface area (Å²) in [5, 5.41) is 7.91. The molecule has 0 radical (unpaired) electrons. The molecule has 2 aromatic rings. The Kier molecular flexibility index (Phi) is 2.58. The Labute approximate surface area is 94.7 Å². The number of pyridine rings is 1. The average molecular weight is 216 g/mol. The first kappa shape index (κ1) is 9.78. The molecule has 0 spiro atoms. The van der Waals surface area contributed by atoms with E-state index in [4.69, 9.17) is 0 Å². The first-order valence-corrected chi connectivity index (χ1v) is 5.93. The Morgan fingerprint density at radius 2 is 2.44 bits per heavy atom. The van der Waals surface area contributed by atoms with Crippen LogP contribution < -0.4 is 5.32 Å². The maximum Gasteiger partial charge on any atom is 0.155 e. The number of aromatic nitrogens is 3. The van der Waals surface area contributed by atoms with Gasteiger partial charge in [0.15, 0.2) is 11.5 Å². The van der Waals surface area contributed by atoms with E-state index in [0.717, 1.165) is 31.0 Å². The average Bonchev–Trinajstić information content (AvgIpc) is 2.72. The van der Waals surface area contributed by atoms with Crippen LogP contribution in [0.5, 0.6) is 0 Å². The number of rotatable bonds is 2. The van der Waals surface area contributed by atoms with Crippen molar-refractivity contribution < 1.29 is 0 Å². The lowest BCUT2D eigenvalue weighted by atomic mass is 9.96. The van der Waals surface area contributed by atoms with Crippen LogP contribution in [-0.2, 0) is 6.42 Å². The molecule has 1 atom stereocenters. The molecule has 2 aromatic heterocycles. The number of hydrogen-bond donors (Lipinski definition) is 1. The number of nitrogens with zero attached hydrogens (tertiary/aromatic N) is 3. The molecular formula is C12H16N4. The van der Waals surface area contributed by atoms with Crippen LogP contribution >= 0.6 is 0 Å². The molecule has 0 aliphatic carbocycles. The summed E-state index contributed by atoms with van der Waals surface area (Å²) in [6, 6.07) is 5.97. The molecule has 0 saturated carbocycles. The van der Waals surface area contributed by atoms with Gasteiger partial charge in [0, 0.05) is 12.6 Å². The number of fused-ring (bicyclic) bond motifs is 1. The van der Waals surface area contributed by atoms with Crippen molar-refractivity contribution in [3.63, 3.8) is 0 Å². The summed E-state index contributed by atoms with van der Waals surface area (Å²) >= 11 is 0. The molecule has 3 rings (SSSR count). The number of piperidine rings is 1. The zero-order valence-corrected chi connectivity index (χ0v) is 9.26. The minimum Gasteiger partial charge on any atom is -0.316 e. The molecule has 1 unspecified atom stereocenters. The Bertz CT molecular complexity index is 438. The lowest BCUT2D eigenvalue weighted by molar-refractivity contribution is 0.371. The fourth-order valence-corrected chi connectivity index (χ4v) is 2.32. The van der Waals surface area contributed by atoms with Gasteiger partial charge >= 0.3 is 0 Å². The quantitative estimate of drug-likeness (QED) is 0.822. The molecule has 16 heavy (non-hydrogen) atoms. The molecule has 4 nitrogen and oxygen atoms in total. The third kappa shape index (κ3) is 1.93. The minimum absolute atomic E-state index is 0.700. The molecule has 0 bridgehead atoms. The highest BCUT2D eigenvalue weighted by molar-refractivity contribution is 5.36. The van der Waals surface area contributed by atoms with Gasteiger partial charge in [0.1, 0.15) is 0 Å². The SMILES string of the molecule is c1ccn2nc(CC3CCCNC3)nc2c1. The van der Waals surface area contributed by atoms with E-state index in [1.165, 1.54) is 12.8 Å². The topological polar surface area (TPSA) is 42.2 Å². The fourth-order valence-electron chi connectivity index (χ4n) is 2.32. The van der Waals surface area contributed by atoms with E-state index in [9.17, 15) is 0 Å². The van der Waals surface area contributed by atoms with Gasteiger partial charge in [-0.1, -0.05) is 6.07 Å². The first-order valence-electron chi connectivity index (χ1n) is 5.93. The number of hydrogen-bond acceptors (Lipinski definition) is 3. The van der Waals surface area contributed by atoms with Crippen LogP contribution in [0.2, 0.25) is 0 Å². The van der Waals surface area contributed by atoms with Crippen molar-refractivity contribution in [1.29, 1.82) is 0 Å². The summed E-state index contributed by atoms with van der Waals surface area (Å²) in [6.07, 6.45) is 5.51. The molecule has 1 fully saturated rings. The Hall–Kier alpha value is -1.42. The molecule has 1 aliphatic heterocycles. The highest BCUT2D eigenvalue weighted by Gasteiger charge is 2.15. The van der Waals surface area contributed by atoms with Crippen molar-refractivity contribution in [1.82, 2.24) is 19.9 Å². The normalized spacial score (nSPS) is 21.4. The van der Waals surface area contributed by atoms with Gasteiger partial charge in [0.25, 0.3) is 0 Å². The van der Waals surface area contributed by atoms with Gasteiger partial charge in [0.05, 0.1) is 0 Å². The summed E-state index contributed by atoms with van der Waals surface area (Å²) in [6.45, 7) is 2.27. The largest absolute Gasteiger partial charge is 0.316 e. The predicted molar refractivity (Wildman–Crippen MR) is 62.3 cm³/mol. The molecule has 0 amide bonds. The van der Waals surface area contributed by atoms with Crippen LogP contribution in [0.25, 0.3) is 5.65 Å². The monoisotopic (exact) mass is 216 g/mol. The molecular weight excluding hydrogens is 200 g/mol. The van der Waals surface area contributed by atoms with Gasteiger partial charge in [-0.2, -0.15) is 5.10 Å². The zero-order chi connectivity index (χ0) is 10.8. The second-order valence-corrected chi connectivity index (χ2v) is 4.45. The Morgan fingerprint density at radius 1 is 1.44 bits per heavy atom. The van der Waals surface area contributed by atoms with E-state index < -0.39 is 0 Å². The van der Waals surface area contributed by atoms with Crippen LogP contribution in [0.3, 0.4) is 0 Å². The Morgan fingerprint density at radius 3 is 3.25 bits per heavy atom. The van der Waals surface area contributed by atoms with Gasteiger partial charge in [0.2, 0.25) is 0 Å². The molecule has 1 aliphatic rings. The van der Waals surface area contributed by atoms with Crippen molar-refractivity contribution in [3.8, 4) is 0 Å². The summed E-state index contributed by atoms with van der Waals surface area (Å²) in [5.74, 6) is 1.67. The van der Waals surface area contributed by atoms with Crippen LogP contribution in [0.4, 0.5) is 0 Å². The van der Waals surface area contributed by atoms with Crippen LogP contribution in [0, 0.1) is 5.92 Å². The van der Waals surface area contributed by atoms with E-state index in [0.29, 0.717) is 5.92 Å². The second kappa shape index (κ2) is 4.22. The minimum atomic E-state index is 0.700. The zero-order valence-electron chi connectivity index (χ0n) is 9.26. The standard InChI is InChI=1S/C12H16N4/c1-2-7-16-12(5-1)14-11(15-16)8-10-4-3-6-13-9-10/h1-2,5,7,10,13H,3-4,6,8-9H2. The van der Waals surface area contributed by atoms with Gasteiger partial charge in [-0.15, -0.1) is 0 Å². The highest BCUT2D eigenvalue weighted by atomic mass is 15.3. The molecule has 1 saturated heterocycles. The smallest absolute Gasteiger partial charge is 0.155 e. The van der Waals surface area contributed by atoms with Gasteiger partial charge in [-0.05, 0) is 44.0 Å². The molecule has 1 N–H and O–H groups in total. The van der Waals surface area contributed by atoms with Crippen molar-refractivity contribution in [3.05, 3.63) is 30.2 Å². The molecule has 84 valence electrons. The van der Waals surface area contributed by atoms with Gasteiger partial charge < -0.3 is 5.32 Å². The Balaban J connectivity index is 1.78. The lowest BCUT2D eigenvalue weighted by Crippen LogP contribution is -2.31. The van der Waals surface area contributed by atoms with Crippen LogP contribution in [-0.4, -0.2) is 27.7 Å². The van der Waals surface area contributed by atoms with Crippen LogP contribution in [0.15, 0.2) is 24.4 Å². The first-order chi connectivity index (χ1) is 7.92. The van der Waals surface area contributed by atoms with Gasteiger partial charge in [-0.25, -0.2) is 9.50 Å². The van der Waals surface area contributed by atoms with Crippen molar-refractivity contribution in [2.45, 2.75) is 19.3 Å². The maximum atomic E-state index is 4.53. The summed E-state index contributed by atoms with van der Waals surface area (Å²) in [5.41, 5.74) is 0.946. The number of nitrogens with one attached hydrogen (secondary N) is 1. The molecule has 4 heteroatoms. The molecule has 3 heterocycles. The molecule has 0 aromatic carbocycles. The second-order valence-electron chi connectivity index (χ2n) is 4.45. The highest BCUT2D eigenvalue weighted by Crippen LogP contribution is 2.14. The summed E-state index contributed by atoms with van der Waals surface area (Å²) < 4.78 is 1.85. The van der Waals surface area contributed by atoms with Gasteiger partial charge in [-0.3, -0.25) is 0 Å². The van der Waals surface area contributed by atoms with E-state index >= 15 is 0 Å². The van der Waals surface area contributed by atoms with Crippen molar-refractivity contribution >= 4 is 5.65 Å². The summed E-state index contributed by atoms with van der Waals surface area (Å²) in [7, 11) is 0. The fraction of sp³-hybridized carbons (Fsp3) is 0.500. The van der Waals surface area contributed by atoms with E-state index in [1.54, 1.807) is 0 Å². The third-order valence-electron chi connectivity index (χ3n) is 3.16. The predicted octanol–water partition coefficient (Wildman–Crippen LogP) is 1.27. The maximum absolute atomic E-state index is 4.53. The lowest BCUT2D eigenvalue weighted by Gasteiger charge is -2.21. The van der Waals surface area contributed by atoms with Crippen LogP contribution in [0.1, 0.15) is 18.7 Å². The van der Waals surface area contributed by atoms with E-state index in [1.807, 2.05) is 28.9 Å². The van der Waals surface area contributed by atoms with Crippen molar-refractivity contribution in [2.24, 2.45) is 5.92 Å². The third-order valence-corrected chi connectivity index (χ3v) is 3.16. The van der Waals surface area contributed by atoms with Crippen molar-refractivity contribution in [2.75, 3.05) is 13.1 Å². The van der Waals surface area contributed by atoms with E-state index in [2.05, 4.69) is 15.4 Å².